The van der Waals surface area contributed by atoms with E-state index in [9.17, 15) is 22.4 Å². The number of anilines is 1. The van der Waals surface area contributed by atoms with E-state index in [1.54, 1.807) is 31.2 Å². The van der Waals surface area contributed by atoms with Crippen LogP contribution in [-0.2, 0) is 32.6 Å². The molecule has 0 aliphatic heterocycles. The van der Waals surface area contributed by atoms with Crippen molar-refractivity contribution < 1.29 is 22.4 Å². The minimum atomic E-state index is -3.79. The molecular weight excluding hydrogens is 469 g/mol. The maximum Gasteiger partial charge on any atom is 0.244 e. The average Bonchev–Trinajstić information content (AvgIpc) is 2.76. The van der Waals surface area contributed by atoms with Gasteiger partial charge in [-0.1, -0.05) is 38.1 Å². The zero-order valence-corrected chi connectivity index (χ0v) is 22.2. The molecule has 9 heteroatoms. The summed E-state index contributed by atoms with van der Waals surface area (Å²) in [5, 5.41) is 2.90. The van der Waals surface area contributed by atoms with Crippen molar-refractivity contribution in [3.8, 4) is 0 Å². The third kappa shape index (κ3) is 8.35. The van der Waals surface area contributed by atoms with Crippen LogP contribution in [0.4, 0.5) is 10.1 Å². The second-order valence-electron chi connectivity index (χ2n) is 9.60. The highest BCUT2D eigenvalue weighted by Gasteiger charge is 2.33. The Hall–Kier alpha value is -2.94. The molecule has 0 saturated heterocycles. The lowest BCUT2D eigenvalue weighted by Crippen LogP contribution is -2.55. The van der Waals surface area contributed by atoms with Gasteiger partial charge in [-0.3, -0.25) is 13.9 Å². The van der Waals surface area contributed by atoms with Crippen LogP contribution in [0.15, 0.2) is 48.5 Å². The number of nitrogens with zero attached hydrogens (tertiary/aromatic N) is 2. The van der Waals surface area contributed by atoms with Gasteiger partial charge >= 0.3 is 0 Å². The van der Waals surface area contributed by atoms with E-state index in [-0.39, 0.29) is 12.5 Å². The van der Waals surface area contributed by atoms with Gasteiger partial charge in [0.25, 0.3) is 0 Å². The van der Waals surface area contributed by atoms with Gasteiger partial charge < -0.3 is 10.2 Å². The first-order valence-corrected chi connectivity index (χ1v) is 13.5. The number of amides is 2. The van der Waals surface area contributed by atoms with Gasteiger partial charge in [0.05, 0.1) is 11.9 Å². The second-order valence-corrected chi connectivity index (χ2v) is 11.5. The fourth-order valence-electron chi connectivity index (χ4n) is 3.67. The number of hydrogen-bond acceptors (Lipinski definition) is 4. The van der Waals surface area contributed by atoms with Gasteiger partial charge in [-0.2, -0.15) is 0 Å². The van der Waals surface area contributed by atoms with Crippen LogP contribution in [-0.4, -0.2) is 49.5 Å². The zero-order chi connectivity index (χ0) is 26.4. The maximum absolute atomic E-state index is 13.6. The fraction of sp³-hybridized carbons (Fsp3) is 0.462. The molecule has 0 aromatic heterocycles. The van der Waals surface area contributed by atoms with E-state index in [0.29, 0.717) is 17.7 Å². The van der Waals surface area contributed by atoms with Crippen molar-refractivity contribution in [2.24, 2.45) is 0 Å². The molecule has 2 rings (SSSR count). The van der Waals surface area contributed by atoms with Gasteiger partial charge in [0, 0.05) is 12.1 Å². The average molecular weight is 506 g/mol. The van der Waals surface area contributed by atoms with Crippen LogP contribution >= 0.6 is 0 Å². The van der Waals surface area contributed by atoms with E-state index in [2.05, 4.69) is 5.32 Å². The van der Waals surface area contributed by atoms with Crippen LogP contribution < -0.4 is 9.62 Å². The largest absolute Gasteiger partial charge is 0.350 e. The standard InChI is InChI=1S/C26H36FN3O4S/c1-7-19-11-15-22(16-12-19)30(35(6,33)34)18-24(31)29(17-20-9-13-21(27)14-10-20)23(8-2)25(32)28-26(3,4)5/h9-16,23H,7-8,17-18H2,1-6H3,(H,28,32)/t23-/m0/s1. The lowest BCUT2D eigenvalue weighted by atomic mass is 10.1. The first-order chi connectivity index (χ1) is 16.2. The SMILES string of the molecule is CCc1ccc(N(CC(=O)N(Cc2ccc(F)cc2)[C@@H](CC)C(=O)NC(C)(C)C)S(C)(=O)=O)cc1. The van der Waals surface area contributed by atoms with Crippen LogP contribution in [0.2, 0.25) is 0 Å². The summed E-state index contributed by atoms with van der Waals surface area (Å²) < 4.78 is 39.8. The van der Waals surface area contributed by atoms with Crippen molar-refractivity contribution >= 4 is 27.5 Å². The molecular formula is C26H36FN3O4S. The minimum absolute atomic E-state index is 0.0293. The molecule has 7 nitrogen and oxygen atoms in total. The quantitative estimate of drug-likeness (QED) is 0.531. The van der Waals surface area contributed by atoms with Gasteiger partial charge in [-0.05, 0) is 69.0 Å². The summed E-state index contributed by atoms with van der Waals surface area (Å²) in [4.78, 5) is 28.1. The Morgan fingerprint density at radius 2 is 1.51 bits per heavy atom. The smallest absolute Gasteiger partial charge is 0.244 e. The minimum Gasteiger partial charge on any atom is -0.350 e. The van der Waals surface area contributed by atoms with E-state index < -0.39 is 39.9 Å². The van der Waals surface area contributed by atoms with Crippen molar-refractivity contribution in [2.75, 3.05) is 17.1 Å². The fourth-order valence-corrected chi connectivity index (χ4v) is 4.52. The Morgan fingerprint density at radius 3 is 1.97 bits per heavy atom. The third-order valence-corrected chi connectivity index (χ3v) is 6.60. The van der Waals surface area contributed by atoms with Gasteiger partial charge in [-0.15, -0.1) is 0 Å². The molecule has 0 fully saturated rings. The molecule has 192 valence electrons. The van der Waals surface area contributed by atoms with E-state index in [1.165, 1.54) is 17.0 Å². The van der Waals surface area contributed by atoms with Crippen LogP contribution in [0, 0.1) is 5.82 Å². The van der Waals surface area contributed by atoms with Gasteiger partial charge in [-0.25, -0.2) is 12.8 Å². The Balaban J connectivity index is 2.44. The molecule has 0 unspecified atom stereocenters. The Morgan fingerprint density at radius 1 is 0.971 bits per heavy atom. The number of carbonyl (C=O) groups excluding carboxylic acids is 2. The highest BCUT2D eigenvalue weighted by atomic mass is 32.2. The molecule has 0 saturated carbocycles. The lowest BCUT2D eigenvalue weighted by molar-refractivity contribution is -0.141. The molecule has 0 aliphatic rings. The van der Waals surface area contributed by atoms with Crippen molar-refractivity contribution in [1.29, 1.82) is 0 Å². The number of nitrogens with one attached hydrogen (secondary N) is 1. The summed E-state index contributed by atoms with van der Waals surface area (Å²) in [5.41, 5.74) is 1.51. The van der Waals surface area contributed by atoms with Crippen molar-refractivity contribution in [3.63, 3.8) is 0 Å². The molecule has 0 spiro atoms. The summed E-state index contributed by atoms with van der Waals surface area (Å²) in [6.45, 7) is 8.87. The van der Waals surface area contributed by atoms with E-state index in [1.807, 2.05) is 39.8 Å². The highest BCUT2D eigenvalue weighted by molar-refractivity contribution is 7.92. The summed E-state index contributed by atoms with van der Waals surface area (Å²) >= 11 is 0. The highest BCUT2D eigenvalue weighted by Crippen LogP contribution is 2.21. The predicted octanol–water partition coefficient (Wildman–Crippen LogP) is 3.88. The van der Waals surface area contributed by atoms with Crippen molar-refractivity contribution in [2.45, 2.75) is 65.6 Å². The number of carbonyl (C=O) groups is 2. The molecule has 0 aliphatic carbocycles. The number of hydrogen-bond donors (Lipinski definition) is 1. The first kappa shape index (κ1) is 28.3. The normalized spacial score (nSPS) is 12.7. The molecule has 2 aromatic rings. The Kier molecular flexibility index (Phi) is 9.43. The molecule has 2 amide bonds. The summed E-state index contributed by atoms with van der Waals surface area (Å²) in [7, 11) is -3.79. The molecule has 0 heterocycles. The number of sulfonamides is 1. The zero-order valence-electron chi connectivity index (χ0n) is 21.3. The van der Waals surface area contributed by atoms with Gasteiger partial charge in [0.1, 0.15) is 18.4 Å². The van der Waals surface area contributed by atoms with Crippen LogP contribution in [0.1, 0.15) is 52.2 Å². The van der Waals surface area contributed by atoms with Crippen LogP contribution in [0.5, 0.6) is 0 Å². The molecule has 0 bridgehead atoms. The molecule has 2 aromatic carbocycles. The van der Waals surface area contributed by atoms with E-state index in [4.69, 9.17) is 0 Å². The molecule has 0 radical (unpaired) electrons. The maximum atomic E-state index is 13.6. The molecule has 1 atom stereocenters. The summed E-state index contributed by atoms with van der Waals surface area (Å²) in [6, 6.07) is 11.8. The molecule has 1 N–H and O–H groups in total. The number of halogens is 1. The number of benzene rings is 2. The molecule has 35 heavy (non-hydrogen) atoms. The van der Waals surface area contributed by atoms with Crippen LogP contribution in [0.3, 0.4) is 0 Å². The monoisotopic (exact) mass is 505 g/mol. The predicted molar refractivity (Wildman–Crippen MR) is 137 cm³/mol. The second kappa shape index (κ2) is 11.7. The van der Waals surface area contributed by atoms with Crippen molar-refractivity contribution in [1.82, 2.24) is 10.2 Å². The van der Waals surface area contributed by atoms with Gasteiger partial charge in [0.15, 0.2) is 0 Å². The summed E-state index contributed by atoms with van der Waals surface area (Å²) in [5.74, 6) is -1.29. The van der Waals surface area contributed by atoms with Gasteiger partial charge in [0.2, 0.25) is 21.8 Å². The Labute approximate surface area is 208 Å². The van der Waals surface area contributed by atoms with E-state index in [0.717, 1.165) is 22.5 Å². The number of aryl methyl sites for hydroxylation is 1. The first-order valence-electron chi connectivity index (χ1n) is 11.7. The Bertz CT molecular complexity index is 1110. The lowest BCUT2D eigenvalue weighted by Gasteiger charge is -2.34. The topological polar surface area (TPSA) is 86.8 Å². The summed E-state index contributed by atoms with van der Waals surface area (Å²) in [6.07, 6.45) is 2.16. The van der Waals surface area contributed by atoms with E-state index >= 15 is 0 Å². The van der Waals surface area contributed by atoms with Crippen molar-refractivity contribution in [3.05, 3.63) is 65.5 Å². The third-order valence-electron chi connectivity index (χ3n) is 5.46. The van der Waals surface area contributed by atoms with Crippen LogP contribution in [0.25, 0.3) is 0 Å². The number of rotatable bonds is 10.